The molecule has 1 aromatic rings. The van der Waals surface area contributed by atoms with Crippen LogP contribution in [-0.2, 0) is 20.7 Å². The van der Waals surface area contributed by atoms with Crippen LogP contribution in [-0.4, -0.2) is 34.7 Å². The van der Waals surface area contributed by atoms with Crippen LogP contribution >= 0.6 is 23.1 Å². The lowest BCUT2D eigenvalue weighted by molar-refractivity contribution is -0.137. The van der Waals surface area contributed by atoms with Gasteiger partial charge in [-0.2, -0.15) is 5.26 Å². The van der Waals surface area contributed by atoms with Gasteiger partial charge in [-0.25, -0.2) is 4.79 Å². The second-order valence-corrected chi connectivity index (χ2v) is 8.26. The minimum Gasteiger partial charge on any atom is -0.457 e. The normalized spacial score (nSPS) is 21.8. The molecule has 7 heteroatoms. The van der Waals surface area contributed by atoms with Gasteiger partial charge in [0.05, 0.1) is 0 Å². The highest BCUT2D eigenvalue weighted by molar-refractivity contribution is 8.05. The highest BCUT2D eigenvalue weighted by Crippen LogP contribution is 2.47. The van der Waals surface area contributed by atoms with Crippen molar-refractivity contribution in [3.8, 4) is 6.07 Å². The Morgan fingerprint density at radius 3 is 2.80 bits per heavy atom. The monoisotopic (exact) mass is 376 g/mol. The zero-order chi connectivity index (χ0) is 18.6. The summed E-state index contributed by atoms with van der Waals surface area (Å²) in [5.74, 6) is -0.820. The number of hydrogen-bond donors (Lipinski definition) is 0. The van der Waals surface area contributed by atoms with Gasteiger partial charge in [0.15, 0.2) is 5.57 Å². The van der Waals surface area contributed by atoms with Crippen LogP contribution in [0.5, 0.6) is 0 Å². The molecule has 1 aliphatic heterocycles. The number of nitrogens with zero attached hydrogens (tertiary/aromatic N) is 2. The van der Waals surface area contributed by atoms with E-state index in [0.717, 1.165) is 10.4 Å². The van der Waals surface area contributed by atoms with Gasteiger partial charge in [-0.15, -0.1) is 11.3 Å². The van der Waals surface area contributed by atoms with Crippen LogP contribution in [0.2, 0.25) is 0 Å². The number of amides is 1. The molecular weight excluding hydrogens is 356 g/mol. The van der Waals surface area contributed by atoms with Gasteiger partial charge in [0.1, 0.15) is 22.5 Å². The summed E-state index contributed by atoms with van der Waals surface area (Å²) in [7, 11) is 0. The summed E-state index contributed by atoms with van der Waals surface area (Å²) in [5.41, 5.74) is 1.01. The Morgan fingerprint density at radius 1 is 1.56 bits per heavy atom. The quantitative estimate of drug-likeness (QED) is 0.329. The standard InChI is InChI=1S/C18H20N2O3S2/c1-5-8-23-16(21)13(11-19)15-20(6-2)17(22)18(4,25-15)10-14-12(3)7-9-24-14/h5,7,9H,1,6,8,10H2,2-4H3/b15-13-. The molecule has 132 valence electrons. The zero-order valence-electron chi connectivity index (χ0n) is 14.5. The Bertz CT molecular complexity index is 776. The number of carbonyl (C=O) groups excluding carboxylic acids is 2. The number of nitriles is 1. The first-order valence-corrected chi connectivity index (χ1v) is 9.54. The fourth-order valence-electron chi connectivity index (χ4n) is 2.55. The number of ether oxygens (including phenoxy) is 1. The van der Waals surface area contributed by atoms with E-state index in [0.29, 0.717) is 18.0 Å². The number of aryl methyl sites for hydroxylation is 1. The van der Waals surface area contributed by atoms with Gasteiger partial charge in [0.25, 0.3) is 0 Å². The lowest BCUT2D eigenvalue weighted by Crippen LogP contribution is -2.38. The number of thiophene rings is 1. The first-order valence-electron chi connectivity index (χ1n) is 7.84. The van der Waals surface area contributed by atoms with Gasteiger partial charge < -0.3 is 9.64 Å². The molecule has 0 aliphatic carbocycles. The predicted molar refractivity (Wildman–Crippen MR) is 99.9 cm³/mol. The summed E-state index contributed by atoms with van der Waals surface area (Å²) < 4.78 is 4.24. The molecule has 5 nitrogen and oxygen atoms in total. The smallest absolute Gasteiger partial charge is 0.351 e. The highest BCUT2D eigenvalue weighted by Gasteiger charge is 2.48. The van der Waals surface area contributed by atoms with E-state index in [1.165, 1.54) is 22.7 Å². The Labute approximate surface area is 156 Å². The minimum atomic E-state index is -0.748. The molecule has 1 saturated heterocycles. The average Bonchev–Trinajstić information content (AvgIpc) is 3.08. The Hall–Kier alpha value is -2.04. The van der Waals surface area contributed by atoms with Crippen molar-refractivity contribution < 1.29 is 14.3 Å². The van der Waals surface area contributed by atoms with Crippen LogP contribution in [0.4, 0.5) is 0 Å². The number of hydrogen-bond acceptors (Lipinski definition) is 6. The van der Waals surface area contributed by atoms with Crippen LogP contribution in [0, 0.1) is 18.3 Å². The van der Waals surface area contributed by atoms with Crippen molar-refractivity contribution in [2.24, 2.45) is 0 Å². The van der Waals surface area contributed by atoms with Gasteiger partial charge in [0, 0.05) is 17.8 Å². The summed E-state index contributed by atoms with van der Waals surface area (Å²) >= 11 is 2.88. The molecule has 1 atom stereocenters. The summed E-state index contributed by atoms with van der Waals surface area (Å²) in [6, 6.07) is 3.93. The molecule has 1 amide bonds. The van der Waals surface area contributed by atoms with E-state index in [9.17, 15) is 14.9 Å². The lowest BCUT2D eigenvalue weighted by Gasteiger charge is -2.20. The molecule has 25 heavy (non-hydrogen) atoms. The van der Waals surface area contributed by atoms with E-state index in [1.54, 1.807) is 11.3 Å². The van der Waals surface area contributed by atoms with E-state index in [2.05, 4.69) is 6.58 Å². The van der Waals surface area contributed by atoms with Crippen molar-refractivity contribution in [3.05, 3.63) is 45.1 Å². The van der Waals surface area contributed by atoms with E-state index in [1.807, 2.05) is 38.3 Å². The number of rotatable bonds is 6. The van der Waals surface area contributed by atoms with E-state index >= 15 is 0 Å². The molecule has 0 aromatic carbocycles. The minimum absolute atomic E-state index is 0.0215. The molecule has 0 spiro atoms. The van der Waals surface area contributed by atoms with E-state index < -0.39 is 10.7 Å². The molecule has 0 radical (unpaired) electrons. The number of esters is 1. The maximum Gasteiger partial charge on any atom is 0.351 e. The molecule has 0 saturated carbocycles. The third-order valence-corrected chi connectivity index (χ3v) is 6.32. The van der Waals surface area contributed by atoms with Crippen molar-refractivity contribution in [1.82, 2.24) is 4.90 Å². The Kier molecular flexibility index (Phi) is 6.09. The molecule has 0 N–H and O–H groups in total. The zero-order valence-corrected chi connectivity index (χ0v) is 16.1. The van der Waals surface area contributed by atoms with Crippen molar-refractivity contribution in [3.63, 3.8) is 0 Å². The highest BCUT2D eigenvalue weighted by atomic mass is 32.2. The van der Waals surface area contributed by atoms with Crippen LogP contribution in [0.15, 0.2) is 34.7 Å². The summed E-state index contributed by atoms with van der Waals surface area (Å²) in [6.45, 7) is 9.60. The van der Waals surface area contributed by atoms with E-state index in [-0.39, 0.29) is 18.1 Å². The van der Waals surface area contributed by atoms with Crippen LogP contribution < -0.4 is 0 Å². The third kappa shape index (κ3) is 3.80. The molecule has 2 rings (SSSR count). The Balaban J connectivity index is 2.40. The molecule has 1 fully saturated rings. The van der Waals surface area contributed by atoms with Gasteiger partial charge >= 0.3 is 5.97 Å². The number of carbonyl (C=O) groups is 2. The fourth-order valence-corrected chi connectivity index (χ4v) is 5.10. The van der Waals surface area contributed by atoms with Gasteiger partial charge in [-0.1, -0.05) is 24.4 Å². The third-order valence-electron chi connectivity index (χ3n) is 3.91. The molecule has 1 aliphatic rings. The maximum atomic E-state index is 13.0. The topological polar surface area (TPSA) is 70.4 Å². The second-order valence-electron chi connectivity index (χ2n) is 5.76. The van der Waals surface area contributed by atoms with E-state index in [4.69, 9.17) is 4.74 Å². The molecule has 1 aromatic heterocycles. The number of thioether (sulfide) groups is 1. The predicted octanol–water partition coefficient (Wildman–Crippen LogP) is 3.42. The van der Waals surface area contributed by atoms with Crippen LogP contribution in [0.1, 0.15) is 24.3 Å². The molecular formula is C18H20N2O3S2. The summed E-state index contributed by atoms with van der Waals surface area (Å²) in [5, 5.41) is 11.8. The summed E-state index contributed by atoms with van der Waals surface area (Å²) in [4.78, 5) is 27.8. The molecule has 1 unspecified atom stereocenters. The van der Waals surface area contributed by atoms with Crippen molar-refractivity contribution >= 4 is 35.0 Å². The molecule has 2 heterocycles. The van der Waals surface area contributed by atoms with Crippen molar-refractivity contribution in [2.45, 2.75) is 31.9 Å². The van der Waals surface area contributed by atoms with Gasteiger partial charge in [-0.05, 0) is 37.8 Å². The maximum absolute atomic E-state index is 13.0. The van der Waals surface area contributed by atoms with Crippen LogP contribution in [0.25, 0.3) is 0 Å². The summed E-state index contributed by atoms with van der Waals surface area (Å²) in [6.07, 6.45) is 1.99. The molecule has 0 bridgehead atoms. The Morgan fingerprint density at radius 2 is 2.28 bits per heavy atom. The van der Waals surface area contributed by atoms with Gasteiger partial charge in [0.2, 0.25) is 5.91 Å². The first-order chi connectivity index (χ1) is 11.9. The van der Waals surface area contributed by atoms with Crippen molar-refractivity contribution in [1.29, 1.82) is 5.26 Å². The fraction of sp³-hybridized carbons (Fsp3) is 0.389. The van der Waals surface area contributed by atoms with Gasteiger partial charge in [-0.3, -0.25) is 4.79 Å². The lowest BCUT2D eigenvalue weighted by atomic mass is 10.0. The first kappa shape index (κ1) is 19.3. The largest absolute Gasteiger partial charge is 0.457 e. The average molecular weight is 377 g/mol. The van der Waals surface area contributed by atoms with Crippen LogP contribution in [0.3, 0.4) is 0 Å². The van der Waals surface area contributed by atoms with Crippen molar-refractivity contribution in [2.75, 3.05) is 13.2 Å². The second kappa shape index (κ2) is 7.89. The SMILES string of the molecule is C=CCOC(=O)/C(C#N)=C1\SC(C)(Cc2sccc2C)C(=O)N1CC.